The van der Waals surface area contributed by atoms with Crippen LogP contribution < -0.4 is 4.90 Å². The first-order valence-electron chi connectivity index (χ1n) is 9.11. The van der Waals surface area contributed by atoms with Gasteiger partial charge in [0, 0.05) is 30.9 Å². The molecule has 0 unspecified atom stereocenters. The lowest BCUT2D eigenvalue weighted by molar-refractivity contribution is -0.140. The molecule has 27 heavy (non-hydrogen) atoms. The molecule has 0 aromatic carbocycles. The number of hydrogen-bond donors (Lipinski definition) is 0. The second kappa shape index (κ2) is 9.64. The molecule has 0 saturated carbocycles. The average molecular weight is 413 g/mol. The van der Waals surface area contributed by atoms with Crippen LogP contribution in [0.25, 0.3) is 10.2 Å². The number of halogens is 1. The van der Waals surface area contributed by atoms with Crippen molar-refractivity contribution in [3.8, 4) is 0 Å². The van der Waals surface area contributed by atoms with Crippen LogP contribution in [0.3, 0.4) is 0 Å². The molecule has 0 amide bonds. The normalized spacial score (nSPS) is 14.9. The van der Waals surface area contributed by atoms with Gasteiger partial charge in [-0.2, -0.15) is 4.98 Å². The third-order valence-corrected chi connectivity index (χ3v) is 5.79. The molecule has 1 aliphatic rings. The minimum Gasteiger partial charge on any atom is -0.469 e. The largest absolute Gasteiger partial charge is 0.469 e. The number of unbranched alkanes of at least 4 members (excludes halogenated alkanes) is 1. The Bertz CT molecular complexity index is 779. The summed E-state index contributed by atoms with van der Waals surface area (Å²) in [7, 11) is 3.51. The first-order valence-corrected chi connectivity index (χ1v) is 10.3. The maximum absolute atomic E-state index is 11.2. The van der Waals surface area contributed by atoms with E-state index in [4.69, 9.17) is 16.3 Å². The van der Waals surface area contributed by atoms with Gasteiger partial charge in [0.15, 0.2) is 5.82 Å². The molecule has 3 rings (SSSR count). The lowest BCUT2D eigenvalue weighted by atomic mass is 10.2. The fourth-order valence-corrected chi connectivity index (χ4v) is 4.47. The number of carbonyl (C=O) groups is 1. The molecule has 9 heteroatoms. The van der Waals surface area contributed by atoms with Crippen molar-refractivity contribution < 1.29 is 14.3 Å². The van der Waals surface area contributed by atoms with Gasteiger partial charge in [0.2, 0.25) is 5.28 Å². The Morgan fingerprint density at radius 1 is 1.37 bits per heavy atom. The Kier molecular flexibility index (Phi) is 7.23. The molecule has 0 radical (unpaired) electrons. The van der Waals surface area contributed by atoms with Gasteiger partial charge in [-0.05, 0) is 44.1 Å². The number of morpholine rings is 1. The number of thiophene rings is 1. The average Bonchev–Trinajstić information content (AvgIpc) is 3.06. The molecule has 0 aliphatic carbocycles. The van der Waals surface area contributed by atoms with Crippen molar-refractivity contribution >= 4 is 44.9 Å². The zero-order valence-electron chi connectivity index (χ0n) is 15.7. The standard InChI is InChI=1S/C18H25ClN4O3S/c1-22(6-4-3-5-15(24)25-2)12-13-11-14-16(27-13)17(21-18(19)20-14)23-7-9-26-10-8-23/h11H,3-10,12H2,1-2H3. The molecule has 0 spiro atoms. The van der Waals surface area contributed by atoms with Crippen molar-refractivity contribution in [2.75, 3.05) is 51.9 Å². The van der Waals surface area contributed by atoms with Gasteiger partial charge in [-0.3, -0.25) is 4.79 Å². The third-order valence-electron chi connectivity index (χ3n) is 4.51. The summed E-state index contributed by atoms with van der Waals surface area (Å²) in [6.45, 7) is 4.80. The molecule has 148 valence electrons. The van der Waals surface area contributed by atoms with E-state index in [1.807, 2.05) is 0 Å². The minimum absolute atomic E-state index is 0.145. The van der Waals surface area contributed by atoms with Gasteiger partial charge in [-0.15, -0.1) is 11.3 Å². The van der Waals surface area contributed by atoms with E-state index in [2.05, 4.69) is 37.6 Å². The lowest BCUT2D eigenvalue weighted by Crippen LogP contribution is -2.36. The van der Waals surface area contributed by atoms with Gasteiger partial charge >= 0.3 is 5.97 Å². The number of methoxy groups -OCH3 is 1. The first kappa shape index (κ1) is 20.3. The molecule has 0 N–H and O–H groups in total. The summed E-state index contributed by atoms with van der Waals surface area (Å²) in [5.41, 5.74) is 0.899. The predicted molar refractivity (Wildman–Crippen MR) is 108 cm³/mol. The number of nitrogens with zero attached hydrogens (tertiary/aromatic N) is 4. The van der Waals surface area contributed by atoms with Gasteiger partial charge in [0.1, 0.15) is 0 Å². The molecule has 1 aliphatic heterocycles. The molecule has 1 saturated heterocycles. The lowest BCUT2D eigenvalue weighted by Gasteiger charge is -2.28. The summed E-state index contributed by atoms with van der Waals surface area (Å²) in [5.74, 6) is 0.763. The number of ether oxygens (including phenoxy) is 2. The molecule has 0 atom stereocenters. The van der Waals surface area contributed by atoms with Crippen LogP contribution in [0.5, 0.6) is 0 Å². The van der Waals surface area contributed by atoms with E-state index in [1.165, 1.54) is 12.0 Å². The second-order valence-corrected chi connectivity index (χ2v) is 8.09. The molecule has 0 bridgehead atoms. The summed E-state index contributed by atoms with van der Waals surface area (Å²) in [6, 6.07) is 2.10. The third kappa shape index (κ3) is 5.51. The molecular formula is C18H25ClN4O3S. The molecule has 3 heterocycles. The van der Waals surface area contributed by atoms with Crippen LogP contribution in [0.1, 0.15) is 24.1 Å². The maximum atomic E-state index is 11.2. The van der Waals surface area contributed by atoms with Gasteiger partial charge in [0.05, 0.1) is 30.5 Å². The van der Waals surface area contributed by atoms with Crippen molar-refractivity contribution in [1.29, 1.82) is 0 Å². The highest BCUT2D eigenvalue weighted by atomic mass is 35.5. The van der Waals surface area contributed by atoms with E-state index in [0.29, 0.717) is 19.6 Å². The molecule has 1 fully saturated rings. The maximum Gasteiger partial charge on any atom is 0.305 e. The monoisotopic (exact) mass is 412 g/mol. The SMILES string of the molecule is COC(=O)CCCCN(C)Cc1cc2nc(Cl)nc(N3CCOCC3)c2s1. The van der Waals surface area contributed by atoms with Gasteiger partial charge in [-0.1, -0.05) is 0 Å². The van der Waals surface area contributed by atoms with Crippen molar-refractivity contribution in [1.82, 2.24) is 14.9 Å². The van der Waals surface area contributed by atoms with Crippen molar-refractivity contribution in [2.24, 2.45) is 0 Å². The van der Waals surface area contributed by atoms with Crippen LogP contribution in [-0.4, -0.2) is 67.8 Å². The van der Waals surface area contributed by atoms with Crippen LogP contribution in [0, 0.1) is 0 Å². The van der Waals surface area contributed by atoms with Crippen molar-refractivity contribution in [2.45, 2.75) is 25.8 Å². The quantitative estimate of drug-likeness (QED) is 0.375. The van der Waals surface area contributed by atoms with E-state index < -0.39 is 0 Å². The minimum atomic E-state index is -0.145. The number of fused-ring (bicyclic) bond motifs is 1. The number of anilines is 1. The highest BCUT2D eigenvalue weighted by Gasteiger charge is 2.19. The van der Waals surface area contributed by atoms with Crippen LogP contribution in [0.2, 0.25) is 5.28 Å². The Morgan fingerprint density at radius 3 is 2.89 bits per heavy atom. The summed E-state index contributed by atoms with van der Waals surface area (Å²) in [6.07, 6.45) is 2.27. The van der Waals surface area contributed by atoms with Gasteiger partial charge < -0.3 is 19.3 Å². The molecule has 7 nitrogen and oxygen atoms in total. The Labute approximate surface area is 168 Å². The van der Waals surface area contributed by atoms with Crippen LogP contribution >= 0.6 is 22.9 Å². The number of aromatic nitrogens is 2. The topological polar surface area (TPSA) is 67.8 Å². The van der Waals surface area contributed by atoms with E-state index in [1.54, 1.807) is 11.3 Å². The highest BCUT2D eigenvalue weighted by molar-refractivity contribution is 7.19. The first-order chi connectivity index (χ1) is 13.1. The number of esters is 1. The van der Waals surface area contributed by atoms with E-state index >= 15 is 0 Å². The number of rotatable bonds is 8. The highest BCUT2D eigenvalue weighted by Crippen LogP contribution is 2.33. The van der Waals surface area contributed by atoms with Crippen LogP contribution in [0.4, 0.5) is 5.82 Å². The number of hydrogen-bond acceptors (Lipinski definition) is 8. The van der Waals surface area contributed by atoms with E-state index in [0.717, 1.165) is 55.1 Å². The zero-order valence-corrected chi connectivity index (χ0v) is 17.3. The van der Waals surface area contributed by atoms with Crippen molar-refractivity contribution in [3.63, 3.8) is 0 Å². The Hall–Kier alpha value is -1.48. The van der Waals surface area contributed by atoms with Gasteiger partial charge in [0.25, 0.3) is 0 Å². The van der Waals surface area contributed by atoms with Crippen LogP contribution in [0.15, 0.2) is 6.07 Å². The zero-order chi connectivity index (χ0) is 19.2. The summed E-state index contributed by atoms with van der Waals surface area (Å²) >= 11 is 7.88. The predicted octanol–water partition coefficient (Wildman–Crippen LogP) is 2.96. The summed E-state index contributed by atoms with van der Waals surface area (Å²) in [5, 5.41) is 0.282. The van der Waals surface area contributed by atoms with Crippen molar-refractivity contribution in [3.05, 3.63) is 16.2 Å². The summed E-state index contributed by atoms with van der Waals surface area (Å²) in [4.78, 5) is 25.7. The van der Waals surface area contributed by atoms with Gasteiger partial charge in [-0.25, -0.2) is 4.98 Å². The fourth-order valence-electron chi connectivity index (χ4n) is 3.10. The smallest absolute Gasteiger partial charge is 0.305 e. The molecule has 2 aromatic heterocycles. The number of carbonyl (C=O) groups excluding carboxylic acids is 1. The van der Waals surface area contributed by atoms with E-state index in [-0.39, 0.29) is 11.3 Å². The molecular weight excluding hydrogens is 388 g/mol. The second-order valence-electron chi connectivity index (χ2n) is 6.61. The van der Waals surface area contributed by atoms with Crippen LogP contribution in [-0.2, 0) is 20.8 Å². The van der Waals surface area contributed by atoms with E-state index in [9.17, 15) is 4.79 Å². The molecule has 2 aromatic rings. The Balaban J connectivity index is 1.64. The Morgan fingerprint density at radius 2 is 2.15 bits per heavy atom. The fraction of sp³-hybridized carbons (Fsp3) is 0.611. The summed E-state index contributed by atoms with van der Waals surface area (Å²) < 4.78 is 11.2.